The third kappa shape index (κ3) is 6.15. The highest BCUT2D eigenvalue weighted by atomic mass is 35.5. The normalized spacial score (nSPS) is 19.4. The number of methoxy groups -OCH3 is 1. The number of rotatable bonds is 8. The molecule has 36 heavy (non-hydrogen) atoms. The first-order valence-corrected chi connectivity index (χ1v) is 13.2. The lowest BCUT2D eigenvalue weighted by Crippen LogP contribution is -2.54. The van der Waals surface area contributed by atoms with E-state index in [1.54, 1.807) is 12.0 Å². The van der Waals surface area contributed by atoms with E-state index in [4.69, 9.17) is 25.8 Å². The fourth-order valence-corrected chi connectivity index (χ4v) is 5.02. The van der Waals surface area contributed by atoms with E-state index in [-0.39, 0.29) is 24.5 Å². The predicted octanol–water partition coefficient (Wildman–Crippen LogP) is 5.02. The van der Waals surface area contributed by atoms with Gasteiger partial charge in [-0.1, -0.05) is 23.7 Å². The predicted molar refractivity (Wildman–Crippen MR) is 139 cm³/mol. The molecule has 1 saturated carbocycles. The van der Waals surface area contributed by atoms with Gasteiger partial charge in [0.25, 0.3) is 5.91 Å². The molecule has 198 valence electrons. The first kappa shape index (κ1) is 26.8. The SMILES string of the molecule is COCCCn1cc(Cl)c2ccc(C(C)N(C(=O)C3CN(C(=O)OC(C)(C)C)CCO3)C3CC3)cc21. The second kappa shape index (κ2) is 11.0. The van der Waals surface area contributed by atoms with Crippen LogP contribution >= 0.6 is 11.6 Å². The van der Waals surface area contributed by atoms with Gasteiger partial charge in [0, 0.05) is 49.9 Å². The quantitative estimate of drug-likeness (QED) is 0.458. The van der Waals surface area contributed by atoms with Crippen LogP contribution in [-0.4, -0.2) is 77.5 Å². The van der Waals surface area contributed by atoms with Gasteiger partial charge < -0.3 is 28.6 Å². The molecule has 1 aromatic heterocycles. The molecule has 0 bridgehead atoms. The molecular formula is C27H38ClN3O5. The number of carbonyl (C=O) groups is 2. The Morgan fingerprint density at radius 2 is 2.03 bits per heavy atom. The van der Waals surface area contributed by atoms with Gasteiger partial charge in [-0.3, -0.25) is 4.79 Å². The van der Waals surface area contributed by atoms with Crippen molar-refractivity contribution in [3.05, 3.63) is 35.0 Å². The van der Waals surface area contributed by atoms with Crippen LogP contribution in [0.25, 0.3) is 10.9 Å². The minimum Gasteiger partial charge on any atom is -0.444 e. The van der Waals surface area contributed by atoms with Crippen molar-refractivity contribution in [3.8, 4) is 0 Å². The highest BCUT2D eigenvalue weighted by molar-refractivity contribution is 6.35. The minimum atomic E-state index is -0.703. The number of amides is 2. The summed E-state index contributed by atoms with van der Waals surface area (Å²) in [5, 5.41) is 1.72. The van der Waals surface area contributed by atoms with E-state index in [1.807, 2.05) is 37.9 Å². The third-order valence-electron chi connectivity index (χ3n) is 6.69. The third-order valence-corrected chi connectivity index (χ3v) is 6.99. The largest absolute Gasteiger partial charge is 0.444 e. The second-order valence-electron chi connectivity index (χ2n) is 10.7. The van der Waals surface area contributed by atoms with Crippen molar-refractivity contribution < 1.29 is 23.8 Å². The van der Waals surface area contributed by atoms with E-state index in [0.717, 1.165) is 47.3 Å². The van der Waals surface area contributed by atoms with Crippen LogP contribution in [0.5, 0.6) is 0 Å². The molecule has 2 aliphatic rings. The monoisotopic (exact) mass is 519 g/mol. The maximum Gasteiger partial charge on any atom is 0.410 e. The summed E-state index contributed by atoms with van der Waals surface area (Å²) in [5.74, 6) is -0.0770. The molecule has 1 aliphatic heterocycles. The molecule has 2 amide bonds. The van der Waals surface area contributed by atoms with Crippen LogP contribution in [0.2, 0.25) is 5.02 Å². The molecule has 1 aliphatic carbocycles. The zero-order valence-electron chi connectivity index (χ0n) is 22.0. The molecule has 2 atom stereocenters. The maximum atomic E-state index is 13.7. The fraction of sp³-hybridized carbons (Fsp3) is 0.630. The molecule has 0 spiro atoms. The molecular weight excluding hydrogens is 482 g/mol. The standard InChI is InChI=1S/C27H38ClN3O5/c1-18(19-7-10-21-22(28)16-29(23(21)15-19)11-6-13-34-5)31(20-8-9-20)25(32)24-17-30(12-14-35-24)26(33)36-27(2,3)4/h7,10,15-16,18,20,24H,6,8-9,11-14,17H2,1-5H3. The Balaban J connectivity index is 1.53. The Hall–Kier alpha value is -2.29. The Kier molecular flexibility index (Phi) is 8.17. The minimum absolute atomic E-state index is 0.0770. The molecule has 8 nitrogen and oxygen atoms in total. The summed E-state index contributed by atoms with van der Waals surface area (Å²) in [7, 11) is 1.70. The number of fused-ring (bicyclic) bond motifs is 1. The molecule has 0 radical (unpaired) electrons. The number of carbonyl (C=O) groups excluding carboxylic acids is 2. The Bertz CT molecular complexity index is 1090. The number of benzene rings is 1. The van der Waals surface area contributed by atoms with Crippen molar-refractivity contribution in [2.45, 2.75) is 77.3 Å². The first-order chi connectivity index (χ1) is 17.1. The highest BCUT2D eigenvalue weighted by Crippen LogP contribution is 2.37. The second-order valence-corrected chi connectivity index (χ2v) is 11.1. The Labute approximate surface area is 218 Å². The van der Waals surface area contributed by atoms with Gasteiger partial charge in [0.2, 0.25) is 0 Å². The van der Waals surface area contributed by atoms with Gasteiger partial charge >= 0.3 is 6.09 Å². The number of hydrogen-bond donors (Lipinski definition) is 0. The number of hydrogen-bond acceptors (Lipinski definition) is 5. The van der Waals surface area contributed by atoms with Crippen molar-refractivity contribution >= 4 is 34.5 Å². The summed E-state index contributed by atoms with van der Waals surface area (Å²) in [6.07, 6.45) is 3.68. The number of halogens is 1. The lowest BCUT2D eigenvalue weighted by Gasteiger charge is -2.38. The van der Waals surface area contributed by atoms with Gasteiger partial charge in [0.1, 0.15) is 5.60 Å². The first-order valence-electron chi connectivity index (χ1n) is 12.8. The van der Waals surface area contributed by atoms with E-state index >= 15 is 0 Å². The van der Waals surface area contributed by atoms with Crippen molar-refractivity contribution in [1.82, 2.24) is 14.4 Å². The van der Waals surface area contributed by atoms with E-state index < -0.39 is 17.8 Å². The van der Waals surface area contributed by atoms with Gasteiger partial charge in [-0.2, -0.15) is 0 Å². The fourth-order valence-electron chi connectivity index (χ4n) is 4.75. The molecule has 2 fully saturated rings. The van der Waals surface area contributed by atoms with Crippen LogP contribution < -0.4 is 0 Å². The van der Waals surface area contributed by atoms with Crippen LogP contribution in [0.15, 0.2) is 24.4 Å². The van der Waals surface area contributed by atoms with Gasteiger partial charge in [-0.15, -0.1) is 0 Å². The molecule has 2 aromatic rings. The smallest absolute Gasteiger partial charge is 0.410 e. The van der Waals surface area contributed by atoms with Crippen molar-refractivity contribution in [2.24, 2.45) is 0 Å². The molecule has 1 aromatic carbocycles. The number of ether oxygens (including phenoxy) is 3. The summed E-state index contributed by atoms with van der Waals surface area (Å²) in [5.41, 5.74) is 1.51. The number of nitrogens with zero attached hydrogens (tertiary/aromatic N) is 3. The Morgan fingerprint density at radius 1 is 1.28 bits per heavy atom. The highest BCUT2D eigenvalue weighted by Gasteiger charge is 2.42. The van der Waals surface area contributed by atoms with Crippen LogP contribution in [0.1, 0.15) is 58.6 Å². The molecule has 1 saturated heterocycles. The summed E-state index contributed by atoms with van der Waals surface area (Å²) < 4.78 is 18.7. The van der Waals surface area contributed by atoms with Gasteiger partial charge in [0.05, 0.1) is 24.2 Å². The zero-order valence-corrected chi connectivity index (χ0v) is 22.7. The zero-order chi connectivity index (χ0) is 26.0. The summed E-state index contributed by atoms with van der Waals surface area (Å²) in [6, 6.07) is 6.26. The average Bonchev–Trinajstić information content (AvgIpc) is 3.62. The summed E-state index contributed by atoms with van der Waals surface area (Å²) in [4.78, 5) is 29.9. The summed E-state index contributed by atoms with van der Waals surface area (Å²) >= 11 is 6.50. The lowest BCUT2D eigenvalue weighted by molar-refractivity contribution is -0.151. The maximum absolute atomic E-state index is 13.7. The van der Waals surface area contributed by atoms with E-state index in [1.165, 1.54) is 0 Å². The number of aromatic nitrogens is 1. The van der Waals surface area contributed by atoms with Crippen molar-refractivity contribution in [1.29, 1.82) is 0 Å². The number of morpholine rings is 1. The van der Waals surface area contributed by atoms with Crippen LogP contribution in [0, 0.1) is 0 Å². The molecule has 2 heterocycles. The van der Waals surface area contributed by atoms with E-state index in [9.17, 15) is 9.59 Å². The van der Waals surface area contributed by atoms with Gasteiger partial charge in [-0.25, -0.2) is 4.79 Å². The van der Waals surface area contributed by atoms with Crippen molar-refractivity contribution in [3.63, 3.8) is 0 Å². The van der Waals surface area contributed by atoms with E-state index in [0.29, 0.717) is 19.8 Å². The van der Waals surface area contributed by atoms with Crippen LogP contribution in [0.4, 0.5) is 4.79 Å². The molecule has 9 heteroatoms. The molecule has 0 N–H and O–H groups in total. The van der Waals surface area contributed by atoms with Gasteiger partial charge in [-0.05, 0) is 58.6 Å². The van der Waals surface area contributed by atoms with Gasteiger partial charge in [0.15, 0.2) is 6.10 Å². The van der Waals surface area contributed by atoms with Crippen molar-refractivity contribution in [2.75, 3.05) is 33.4 Å². The Morgan fingerprint density at radius 3 is 2.69 bits per heavy atom. The topological polar surface area (TPSA) is 73.2 Å². The molecule has 2 unspecified atom stereocenters. The van der Waals surface area contributed by atoms with Crippen LogP contribution in [-0.2, 0) is 25.5 Å². The average molecular weight is 520 g/mol. The molecule has 4 rings (SSSR count). The van der Waals surface area contributed by atoms with Crippen LogP contribution in [0.3, 0.4) is 0 Å². The lowest BCUT2D eigenvalue weighted by atomic mass is 10.0. The van der Waals surface area contributed by atoms with E-state index in [2.05, 4.69) is 23.6 Å². The summed E-state index contributed by atoms with van der Waals surface area (Å²) in [6.45, 7) is 9.96. The number of aryl methyl sites for hydroxylation is 1.